The summed E-state index contributed by atoms with van der Waals surface area (Å²) in [5.74, 6) is -0.347. The first kappa shape index (κ1) is 24.7. The predicted octanol–water partition coefficient (Wildman–Crippen LogP) is 2.43. The maximum atomic E-state index is 11.3. The molecular weight excluding hydrogens is 332 g/mol. The molecule has 0 aromatic rings. The van der Waals surface area contributed by atoms with Crippen LogP contribution in [0.2, 0.25) is 32.7 Å². The second kappa shape index (κ2) is 11.9. The third-order valence-electron chi connectivity index (χ3n) is 2.11. The number of rotatable bonds is 9. The van der Waals surface area contributed by atoms with E-state index < -0.39 is 23.0 Å². The summed E-state index contributed by atoms with van der Waals surface area (Å²) in [4.78, 5) is 11.3. The van der Waals surface area contributed by atoms with Gasteiger partial charge in [0.1, 0.15) is 6.10 Å². The first-order chi connectivity index (χ1) is 10.3. The van der Waals surface area contributed by atoms with Gasteiger partial charge in [-0.3, -0.25) is 0 Å². The van der Waals surface area contributed by atoms with Crippen molar-refractivity contribution in [2.75, 3.05) is 19.8 Å². The maximum absolute atomic E-state index is 11.3. The quantitative estimate of drug-likeness (QED) is 0.370. The van der Waals surface area contributed by atoms with E-state index in [9.17, 15) is 4.79 Å². The molecule has 1 unspecified atom stereocenters. The number of carbonyl (C=O) groups is 1. The number of carbonyl (C=O) groups excluding carboxylic acids is 1. The second-order valence-corrected chi connectivity index (χ2v) is 14.7. The molecule has 138 valence electrons. The molecule has 0 rings (SSSR count). The Labute approximate surface area is 142 Å². The lowest BCUT2D eigenvalue weighted by Crippen LogP contribution is -2.46. The van der Waals surface area contributed by atoms with E-state index in [2.05, 4.69) is 26.2 Å². The smallest absolute Gasteiger partial charge is 0.385 e. The molecule has 23 heavy (non-hydrogen) atoms. The van der Waals surface area contributed by atoms with Crippen molar-refractivity contribution in [1.82, 2.24) is 0 Å². The minimum Gasteiger partial charge on any atom is -0.492 e. The molecule has 0 aliphatic rings. The van der Waals surface area contributed by atoms with E-state index in [-0.39, 0.29) is 19.2 Å². The van der Waals surface area contributed by atoms with Gasteiger partial charge in [0.2, 0.25) is 0 Å². The molecule has 0 fully saturated rings. The Kier molecular flexibility index (Phi) is 12.8. The van der Waals surface area contributed by atoms with E-state index in [1.807, 2.05) is 20.0 Å². The van der Waals surface area contributed by atoms with Crippen LogP contribution in [0.15, 0.2) is 12.2 Å². The van der Waals surface area contributed by atoms with Crippen LogP contribution in [0.4, 0.5) is 0 Å². The van der Waals surface area contributed by atoms with E-state index in [1.165, 1.54) is 0 Å². The molecule has 0 aromatic carbocycles. The fourth-order valence-corrected chi connectivity index (χ4v) is 8.17. The summed E-state index contributed by atoms with van der Waals surface area (Å²) in [6.45, 7) is 17.8. The third-order valence-corrected chi connectivity index (χ3v) is 7.20. The van der Waals surface area contributed by atoms with Crippen LogP contribution in [-0.4, -0.2) is 59.0 Å². The fraction of sp³-hybridized carbons (Fsp3) is 0.800. The maximum Gasteiger partial charge on any atom is 0.385 e. The van der Waals surface area contributed by atoms with Gasteiger partial charge in [-0.1, -0.05) is 13.5 Å². The Hall–Kier alpha value is -0.516. The Morgan fingerprint density at radius 1 is 1.22 bits per heavy atom. The highest BCUT2D eigenvalue weighted by Gasteiger charge is 2.34. The highest BCUT2D eigenvalue weighted by atomic mass is 28.4. The molecule has 0 saturated carbocycles. The van der Waals surface area contributed by atoms with Gasteiger partial charge >= 0.3 is 14.5 Å². The lowest BCUT2D eigenvalue weighted by molar-refractivity contribution is -0.131. The Morgan fingerprint density at radius 3 is 2.09 bits per heavy atom. The molecule has 0 radical (unpaired) electrons. The Bertz CT molecular complexity index is 352. The first-order valence-corrected chi connectivity index (χ1v) is 14.0. The molecule has 1 atom stereocenters. The van der Waals surface area contributed by atoms with Crippen molar-refractivity contribution in [3.8, 4) is 0 Å². The van der Waals surface area contributed by atoms with E-state index in [4.69, 9.17) is 23.5 Å². The lowest BCUT2D eigenvalue weighted by atomic mass is 10.4. The number of hydrogen-bond donors (Lipinski definition) is 2. The van der Waals surface area contributed by atoms with Gasteiger partial charge in [0.15, 0.2) is 8.32 Å². The summed E-state index contributed by atoms with van der Waals surface area (Å²) >= 11 is 0. The minimum atomic E-state index is -2.31. The van der Waals surface area contributed by atoms with Crippen LogP contribution in [0.25, 0.3) is 0 Å². The van der Waals surface area contributed by atoms with Gasteiger partial charge in [-0.25, -0.2) is 4.79 Å². The summed E-state index contributed by atoms with van der Waals surface area (Å²) in [7, 11) is -3.95. The normalized spacial score (nSPS) is 12.9. The number of ether oxygens (including phenoxy) is 1. The van der Waals surface area contributed by atoms with Crippen molar-refractivity contribution in [3.63, 3.8) is 0 Å². The number of aliphatic hydroxyl groups excluding tert-OH is 2. The van der Waals surface area contributed by atoms with Gasteiger partial charge < -0.3 is 23.5 Å². The molecule has 0 amide bonds. The van der Waals surface area contributed by atoms with Crippen LogP contribution >= 0.6 is 0 Å². The van der Waals surface area contributed by atoms with E-state index in [0.29, 0.717) is 12.2 Å². The molecule has 0 aliphatic heterocycles. The van der Waals surface area contributed by atoms with Crippen LogP contribution in [0.5, 0.6) is 0 Å². The van der Waals surface area contributed by atoms with Crippen LogP contribution < -0.4 is 0 Å². The summed E-state index contributed by atoms with van der Waals surface area (Å²) in [5, 5.41) is 17.0. The van der Waals surface area contributed by atoms with Crippen molar-refractivity contribution in [3.05, 3.63) is 12.2 Å². The first-order valence-electron chi connectivity index (χ1n) is 7.80. The van der Waals surface area contributed by atoms with Crippen molar-refractivity contribution in [1.29, 1.82) is 0 Å². The van der Waals surface area contributed by atoms with Gasteiger partial charge in [0, 0.05) is 12.2 Å². The van der Waals surface area contributed by atoms with Gasteiger partial charge in [-0.2, -0.15) is 0 Å². The monoisotopic (exact) mass is 366 g/mol. The summed E-state index contributed by atoms with van der Waals surface area (Å²) in [6.07, 6.45) is 0.231. The molecule has 0 bridgehead atoms. The third kappa shape index (κ3) is 17.7. The Balaban J connectivity index is 0. The molecule has 0 heterocycles. The number of aliphatic hydroxyl groups is 2. The van der Waals surface area contributed by atoms with Gasteiger partial charge in [0.05, 0.1) is 13.2 Å². The van der Waals surface area contributed by atoms with Gasteiger partial charge in [0.25, 0.3) is 0 Å². The summed E-state index contributed by atoms with van der Waals surface area (Å²) in [5.41, 5.74) is 0.421. The SMILES string of the molecule is C=C(C)C(=O)O[Si](C)(C)O[Si](C)(C)C.CCCOCC(O)CO. The van der Waals surface area contributed by atoms with Crippen molar-refractivity contribution >= 4 is 22.8 Å². The van der Waals surface area contributed by atoms with Crippen molar-refractivity contribution in [2.45, 2.75) is 59.1 Å². The topological polar surface area (TPSA) is 85.2 Å². The van der Waals surface area contributed by atoms with Crippen LogP contribution in [0.1, 0.15) is 20.3 Å². The fourth-order valence-electron chi connectivity index (χ4n) is 1.48. The molecule has 8 heteroatoms. The molecule has 0 spiro atoms. The van der Waals surface area contributed by atoms with E-state index in [0.717, 1.165) is 6.42 Å². The minimum absolute atomic E-state index is 0.219. The van der Waals surface area contributed by atoms with Gasteiger partial charge in [-0.05, 0) is 46.1 Å². The summed E-state index contributed by atoms with van der Waals surface area (Å²) in [6, 6.07) is 0. The molecule has 6 nitrogen and oxygen atoms in total. The van der Waals surface area contributed by atoms with Gasteiger partial charge in [-0.15, -0.1) is 0 Å². The average molecular weight is 367 g/mol. The zero-order valence-corrected chi connectivity index (χ0v) is 17.6. The standard InChI is InChI=1S/C9H20O3Si2.C6H14O3/c1-8(2)9(10)11-14(6,7)12-13(3,4)5;1-2-3-9-5-6(8)4-7/h1H2,2-7H3;6-8H,2-5H2,1H3. The molecule has 0 aromatic heterocycles. The van der Waals surface area contributed by atoms with Crippen LogP contribution in [0.3, 0.4) is 0 Å². The zero-order valence-electron chi connectivity index (χ0n) is 15.6. The predicted molar refractivity (Wildman–Crippen MR) is 97.0 cm³/mol. The molecule has 2 N–H and O–H groups in total. The van der Waals surface area contributed by atoms with Crippen molar-refractivity contribution < 1.29 is 28.3 Å². The largest absolute Gasteiger partial charge is 0.492 e. The van der Waals surface area contributed by atoms with Crippen molar-refractivity contribution in [2.24, 2.45) is 0 Å². The number of hydrogen-bond acceptors (Lipinski definition) is 6. The lowest BCUT2D eigenvalue weighted by Gasteiger charge is -2.30. The molecule has 0 saturated heterocycles. The van der Waals surface area contributed by atoms with Crippen LogP contribution in [0, 0.1) is 0 Å². The van der Waals surface area contributed by atoms with Crippen LogP contribution in [-0.2, 0) is 18.1 Å². The zero-order chi connectivity index (χ0) is 18.7. The molecular formula is C15H34O6Si2. The Morgan fingerprint density at radius 2 is 1.74 bits per heavy atom. The van der Waals surface area contributed by atoms with E-state index in [1.54, 1.807) is 6.92 Å². The second-order valence-electron chi connectivity index (χ2n) is 6.70. The average Bonchev–Trinajstić information content (AvgIpc) is 2.35. The highest BCUT2D eigenvalue weighted by molar-refractivity contribution is 6.82. The molecule has 0 aliphatic carbocycles. The van der Waals surface area contributed by atoms with E-state index >= 15 is 0 Å². The summed E-state index contributed by atoms with van der Waals surface area (Å²) < 4.78 is 16.1. The highest BCUT2D eigenvalue weighted by Crippen LogP contribution is 2.16.